The highest BCUT2D eigenvalue weighted by Crippen LogP contribution is 2.30. The average molecular weight is 366 g/mol. The van der Waals surface area contributed by atoms with Crippen LogP contribution in [0.2, 0.25) is 0 Å². The molecule has 0 radical (unpaired) electrons. The summed E-state index contributed by atoms with van der Waals surface area (Å²) in [4.78, 5) is 24.2. The molecule has 0 saturated carbocycles. The number of ether oxygens (including phenoxy) is 1. The van der Waals surface area contributed by atoms with Crippen molar-refractivity contribution in [1.82, 2.24) is 9.97 Å². The van der Waals surface area contributed by atoms with Crippen molar-refractivity contribution in [1.29, 1.82) is 5.26 Å². The van der Waals surface area contributed by atoms with Crippen molar-refractivity contribution in [3.8, 4) is 6.07 Å². The number of piperidine rings is 1. The number of anilines is 1. The molecule has 6 heteroatoms. The molecule has 1 atom stereocenters. The number of fused-ring (bicyclic) bond motifs is 1. The van der Waals surface area contributed by atoms with Crippen molar-refractivity contribution in [2.75, 3.05) is 24.6 Å². The van der Waals surface area contributed by atoms with E-state index in [9.17, 15) is 10.1 Å². The largest absolute Gasteiger partial charge is 0.464 e. The number of benzene rings is 1. The van der Waals surface area contributed by atoms with Crippen molar-refractivity contribution in [2.24, 2.45) is 11.8 Å². The van der Waals surface area contributed by atoms with E-state index in [0.717, 1.165) is 31.4 Å². The minimum Gasteiger partial charge on any atom is -0.464 e. The van der Waals surface area contributed by atoms with Crippen molar-refractivity contribution >= 4 is 22.8 Å². The van der Waals surface area contributed by atoms with Crippen LogP contribution in [0.1, 0.15) is 45.2 Å². The number of para-hydroxylation sites is 2. The maximum absolute atomic E-state index is 12.6. The van der Waals surface area contributed by atoms with Gasteiger partial charge in [-0.25, -0.2) is 9.97 Å². The molecule has 1 fully saturated rings. The Hall–Kier alpha value is -2.68. The van der Waals surface area contributed by atoms with Gasteiger partial charge in [0.25, 0.3) is 0 Å². The Morgan fingerprint density at radius 1 is 1.26 bits per heavy atom. The molecule has 1 aromatic carbocycles. The van der Waals surface area contributed by atoms with E-state index in [4.69, 9.17) is 9.72 Å². The third-order valence-electron chi connectivity index (χ3n) is 4.86. The van der Waals surface area contributed by atoms with Gasteiger partial charge in [-0.1, -0.05) is 32.9 Å². The average Bonchev–Trinajstić information content (AvgIpc) is 2.67. The number of nitriles is 1. The van der Waals surface area contributed by atoms with E-state index in [1.807, 2.05) is 38.1 Å². The molecule has 1 saturated heterocycles. The zero-order valence-corrected chi connectivity index (χ0v) is 16.2. The van der Waals surface area contributed by atoms with Crippen molar-refractivity contribution in [3.05, 3.63) is 30.0 Å². The van der Waals surface area contributed by atoms with E-state index in [0.29, 0.717) is 22.9 Å². The van der Waals surface area contributed by atoms with Crippen LogP contribution in [0.15, 0.2) is 24.3 Å². The lowest BCUT2D eigenvalue weighted by atomic mass is 9.98. The minimum absolute atomic E-state index is 0.207. The maximum atomic E-state index is 12.6. The van der Waals surface area contributed by atoms with Crippen LogP contribution in [0, 0.1) is 23.2 Å². The fraction of sp³-hybridized carbons (Fsp3) is 0.524. The van der Waals surface area contributed by atoms with E-state index >= 15 is 0 Å². The van der Waals surface area contributed by atoms with Crippen LogP contribution in [0.4, 0.5) is 5.82 Å². The Kier molecular flexibility index (Phi) is 5.90. The molecule has 0 amide bonds. The molecule has 3 rings (SSSR count). The standard InChI is InChI=1S/C21H26N4O2/c1-14(2)13-27-21(26)16(12-22)19-20(25-10-8-15(3)9-11-25)24-18-7-5-4-6-17(18)23-19/h4-7,14-16H,8-11,13H2,1-3H3/t16-/m1/s1. The molecule has 2 aromatic rings. The quantitative estimate of drug-likeness (QED) is 0.751. The van der Waals surface area contributed by atoms with E-state index < -0.39 is 11.9 Å². The number of hydrogen-bond acceptors (Lipinski definition) is 6. The van der Waals surface area contributed by atoms with Gasteiger partial charge >= 0.3 is 5.97 Å². The number of carbonyl (C=O) groups is 1. The lowest BCUT2D eigenvalue weighted by Crippen LogP contribution is -2.35. The number of rotatable bonds is 5. The second-order valence-electron chi connectivity index (χ2n) is 7.68. The van der Waals surface area contributed by atoms with Crippen molar-refractivity contribution in [3.63, 3.8) is 0 Å². The molecule has 2 heterocycles. The third kappa shape index (κ3) is 4.36. The number of carbonyl (C=O) groups excluding carboxylic acids is 1. The van der Waals surface area contributed by atoms with E-state index in [1.165, 1.54) is 0 Å². The predicted molar refractivity (Wildman–Crippen MR) is 104 cm³/mol. The van der Waals surface area contributed by atoms with Crippen LogP contribution in [0.3, 0.4) is 0 Å². The van der Waals surface area contributed by atoms with Gasteiger partial charge in [-0.05, 0) is 36.8 Å². The Labute approximate surface area is 160 Å². The second kappa shape index (κ2) is 8.34. The first-order valence-corrected chi connectivity index (χ1v) is 9.57. The SMILES string of the molecule is CC(C)COC(=O)[C@H](C#N)c1nc2ccccc2nc1N1CCC(C)CC1. The highest BCUT2D eigenvalue weighted by atomic mass is 16.5. The molecule has 27 heavy (non-hydrogen) atoms. The molecule has 142 valence electrons. The van der Waals surface area contributed by atoms with Gasteiger partial charge in [-0.15, -0.1) is 0 Å². The highest BCUT2D eigenvalue weighted by molar-refractivity contribution is 5.85. The van der Waals surface area contributed by atoms with Gasteiger partial charge < -0.3 is 9.64 Å². The number of esters is 1. The summed E-state index contributed by atoms with van der Waals surface area (Å²) in [6.07, 6.45) is 2.12. The number of aromatic nitrogens is 2. The molecule has 0 unspecified atom stereocenters. The lowest BCUT2D eigenvalue weighted by molar-refractivity contribution is -0.145. The van der Waals surface area contributed by atoms with E-state index in [1.54, 1.807) is 0 Å². The van der Waals surface area contributed by atoms with Gasteiger partial charge in [-0.3, -0.25) is 4.79 Å². The third-order valence-corrected chi connectivity index (χ3v) is 4.86. The molecule has 1 aliphatic heterocycles. The summed E-state index contributed by atoms with van der Waals surface area (Å²) in [5, 5.41) is 9.71. The number of nitrogens with zero attached hydrogens (tertiary/aromatic N) is 4. The topological polar surface area (TPSA) is 79.1 Å². The van der Waals surface area contributed by atoms with E-state index in [2.05, 4.69) is 22.9 Å². The Morgan fingerprint density at radius 3 is 2.48 bits per heavy atom. The lowest BCUT2D eigenvalue weighted by Gasteiger charge is -2.32. The van der Waals surface area contributed by atoms with E-state index in [-0.39, 0.29) is 12.5 Å². The van der Waals surface area contributed by atoms with Crippen LogP contribution in [-0.2, 0) is 9.53 Å². The molecule has 1 aromatic heterocycles. The predicted octanol–water partition coefficient (Wildman–Crippen LogP) is 3.67. The van der Waals surface area contributed by atoms with Crippen LogP contribution in [0.5, 0.6) is 0 Å². The molecule has 0 N–H and O–H groups in total. The van der Waals surface area contributed by atoms with Gasteiger partial charge in [0.1, 0.15) is 5.69 Å². The van der Waals surface area contributed by atoms with Crippen LogP contribution >= 0.6 is 0 Å². The molecule has 1 aliphatic rings. The first kappa shape index (κ1) is 19.1. The summed E-state index contributed by atoms with van der Waals surface area (Å²) in [7, 11) is 0. The minimum atomic E-state index is -1.07. The monoisotopic (exact) mass is 366 g/mol. The van der Waals surface area contributed by atoms with Gasteiger partial charge in [-0.2, -0.15) is 5.26 Å². The van der Waals surface area contributed by atoms with Crippen molar-refractivity contribution < 1.29 is 9.53 Å². The fourth-order valence-electron chi connectivity index (χ4n) is 3.21. The Bertz CT molecular complexity index is 851. The molecule has 0 spiro atoms. The first-order valence-electron chi connectivity index (χ1n) is 9.57. The van der Waals surface area contributed by atoms with Gasteiger partial charge in [0.15, 0.2) is 11.7 Å². The molecule has 6 nitrogen and oxygen atoms in total. The normalized spacial score (nSPS) is 16.3. The zero-order chi connectivity index (χ0) is 19.4. The summed E-state index contributed by atoms with van der Waals surface area (Å²) in [5.41, 5.74) is 1.85. The molecular weight excluding hydrogens is 340 g/mol. The zero-order valence-electron chi connectivity index (χ0n) is 16.2. The summed E-state index contributed by atoms with van der Waals surface area (Å²) in [6, 6.07) is 9.63. The smallest absolute Gasteiger partial charge is 0.329 e. The van der Waals surface area contributed by atoms with Gasteiger partial charge in [0.2, 0.25) is 0 Å². The van der Waals surface area contributed by atoms with Gasteiger partial charge in [0.05, 0.1) is 23.7 Å². The maximum Gasteiger partial charge on any atom is 0.329 e. The van der Waals surface area contributed by atoms with Crippen LogP contribution < -0.4 is 4.90 Å². The van der Waals surface area contributed by atoms with Crippen LogP contribution in [0.25, 0.3) is 11.0 Å². The first-order chi connectivity index (χ1) is 13.0. The summed E-state index contributed by atoms with van der Waals surface area (Å²) >= 11 is 0. The Morgan fingerprint density at radius 2 is 1.89 bits per heavy atom. The van der Waals surface area contributed by atoms with Gasteiger partial charge in [0, 0.05) is 13.1 Å². The Balaban J connectivity index is 2.01. The second-order valence-corrected chi connectivity index (χ2v) is 7.68. The molecule has 0 aliphatic carbocycles. The highest BCUT2D eigenvalue weighted by Gasteiger charge is 2.31. The summed E-state index contributed by atoms with van der Waals surface area (Å²) < 4.78 is 5.33. The van der Waals surface area contributed by atoms with Crippen molar-refractivity contribution in [2.45, 2.75) is 39.5 Å². The summed E-state index contributed by atoms with van der Waals surface area (Å²) in [5.74, 6) is -0.119. The molecular formula is C21H26N4O2. The molecule has 0 bridgehead atoms. The van der Waals surface area contributed by atoms with Crippen LogP contribution in [-0.4, -0.2) is 35.6 Å². The number of hydrogen-bond donors (Lipinski definition) is 0. The summed E-state index contributed by atoms with van der Waals surface area (Å²) in [6.45, 7) is 8.15. The fourth-order valence-corrected chi connectivity index (χ4v) is 3.21.